The van der Waals surface area contributed by atoms with Crippen molar-refractivity contribution >= 4 is 6.09 Å². The van der Waals surface area contributed by atoms with Gasteiger partial charge in [-0.1, -0.05) is 6.92 Å². The van der Waals surface area contributed by atoms with Gasteiger partial charge in [0.15, 0.2) is 0 Å². The van der Waals surface area contributed by atoms with Crippen LogP contribution in [-0.2, 0) is 11.3 Å². The van der Waals surface area contributed by atoms with Gasteiger partial charge in [0.25, 0.3) is 0 Å². The van der Waals surface area contributed by atoms with E-state index in [0.717, 1.165) is 51.1 Å². The van der Waals surface area contributed by atoms with Crippen molar-refractivity contribution in [2.24, 2.45) is 5.41 Å². The number of hydrogen-bond acceptors (Lipinski definition) is 5. The van der Waals surface area contributed by atoms with Crippen LogP contribution in [0.5, 0.6) is 0 Å². The molecule has 1 aliphatic rings. The molecular formula is C18H30N4O2. The molecule has 2 rings (SSSR count). The smallest absolute Gasteiger partial charge is 0.410 e. The number of piperidine rings is 1. The van der Waals surface area contributed by atoms with Crippen molar-refractivity contribution in [1.82, 2.24) is 20.2 Å². The lowest BCUT2D eigenvalue weighted by molar-refractivity contribution is 0.00942. The lowest BCUT2D eigenvalue weighted by Crippen LogP contribution is -2.48. The van der Waals surface area contributed by atoms with Gasteiger partial charge in [0.1, 0.15) is 11.9 Å². The van der Waals surface area contributed by atoms with Crippen LogP contribution in [-0.4, -0.2) is 46.2 Å². The van der Waals surface area contributed by atoms with Crippen LogP contribution in [0.15, 0.2) is 18.6 Å². The molecule has 0 radical (unpaired) electrons. The number of nitrogens with zero attached hydrogens (tertiary/aromatic N) is 3. The van der Waals surface area contributed by atoms with Gasteiger partial charge < -0.3 is 15.0 Å². The summed E-state index contributed by atoms with van der Waals surface area (Å²) in [6.07, 6.45) is 6.25. The predicted octanol–water partition coefficient (Wildman–Crippen LogP) is 2.99. The first kappa shape index (κ1) is 18.6. The molecule has 1 aliphatic heterocycles. The maximum atomic E-state index is 12.2. The molecule has 0 atom stereocenters. The molecule has 2 heterocycles. The van der Waals surface area contributed by atoms with Gasteiger partial charge in [-0.05, 0) is 51.5 Å². The maximum absolute atomic E-state index is 12.2. The van der Waals surface area contributed by atoms with E-state index in [1.165, 1.54) is 0 Å². The van der Waals surface area contributed by atoms with E-state index in [4.69, 9.17) is 4.74 Å². The van der Waals surface area contributed by atoms with Crippen LogP contribution in [0.25, 0.3) is 0 Å². The number of hydrogen-bond donors (Lipinski definition) is 1. The molecule has 0 aliphatic carbocycles. The summed E-state index contributed by atoms with van der Waals surface area (Å²) in [5.41, 5.74) is 0.809. The van der Waals surface area contributed by atoms with Crippen molar-refractivity contribution in [1.29, 1.82) is 0 Å². The Morgan fingerprint density at radius 2 is 2.08 bits per heavy atom. The second-order valence-corrected chi connectivity index (χ2v) is 7.63. The van der Waals surface area contributed by atoms with Gasteiger partial charge in [-0.3, -0.25) is 0 Å². The average Bonchev–Trinajstić information content (AvgIpc) is 2.55. The number of amides is 1. The number of carbonyl (C=O) groups excluding carboxylic acids is 1. The standard InChI is InChI=1S/C18H30N4O2/c1-5-18(13-20-12-15-6-9-19-14-21-15)7-10-22(11-8-18)16(23)24-17(2,3)4/h6,9,14,20H,5,7-8,10-13H2,1-4H3. The summed E-state index contributed by atoms with van der Waals surface area (Å²) in [6, 6.07) is 1.93. The Bertz CT molecular complexity index is 520. The largest absolute Gasteiger partial charge is 0.444 e. The zero-order valence-corrected chi connectivity index (χ0v) is 15.3. The molecule has 1 fully saturated rings. The zero-order chi connectivity index (χ0) is 17.6. The molecular weight excluding hydrogens is 304 g/mol. The van der Waals surface area contributed by atoms with Crippen molar-refractivity contribution in [2.75, 3.05) is 19.6 Å². The molecule has 134 valence electrons. The number of rotatable bonds is 5. The monoisotopic (exact) mass is 334 g/mol. The van der Waals surface area contributed by atoms with Crippen molar-refractivity contribution in [3.8, 4) is 0 Å². The highest BCUT2D eigenvalue weighted by molar-refractivity contribution is 5.68. The van der Waals surface area contributed by atoms with Gasteiger partial charge in [-0.2, -0.15) is 0 Å². The number of likely N-dealkylation sites (tertiary alicyclic amines) is 1. The van der Waals surface area contributed by atoms with Crippen molar-refractivity contribution in [3.63, 3.8) is 0 Å². The minimum Gasteiger partial charge on any atom is -0.444 e. The SMILES string of the molecule is CCC1(CNCc2ccncn2)CCN(C(=O)OC(C)(C)C)CC1. The topological polar surface area (TPSA) is 67.4 Å². The van der Waals surface area contributed by atoms with Crippen LogP contribution < -0.4 is 5.32 Å². The molecule has 0 saturated carbocycles. The third kappa shape index (κ3) is 5.44. The summed E-state index contributed by atoms with van der Waals surface area (Å²) in [6.45, 7) is 11.2. The Morgan fingerprint density at radius 3 is 2.62 bits per heavy atom. The second kappa shape index (κ2) is 7.92. The van der Waals surface area contributed by atoms with E-state index in [0.29, 0.717) is 0 Å². The summed E-state index contributed by atoms with van der Waals surface area (Å²) < 4.78 is 5.48. The molecule has 1 amide bonds. The Balaban J connectivity index is 1.81. The number of carbonyl (C=O) groups is 1. The molecule has 0 bridgehead atoms. The summed E-state index contributed by atoms with van der Waals surface area (Å²) in [5.74, 6) is 0. The predicted molar refractivity (Wildman–Crippen MR) is 93.5 cm³/mol. The lowest BCUT2D eigenvalue weighted by Gasteiger charge is -2.41. The van der Waals surface area contributed by atoms with Crippen molar-refractivity contribution < 1.29 is 9.53 Å². The molecule has 0 spiro atoms. The van der Waals surface area contributed by atoms with Gasteiger partial charge in [0.05, 0.1) is 5.69 Å². The Kier molecular flexibility index (Phi) is 6.15. The fourth-order valence-corrected chi connectivity index (χ4v) is 3.02. The van der Waals surface area contributed by atoms with Gasteiger partial charge in [0.2, 0.25) is 0 Å². The quantitative estimate of drug-likeness (QED) is 0.896. The Morgan fingerprint density at radius 1 is 1.38 bits per heavy atom. The number of ether oxygens (including phenoxy) is 1. The molecule has 1 aromatic rings. The third-order valence-electron chi connectivity index (χ3n) is 4.68. The third-order valence-corrected chi connectivity index (χ3v) is 4.68. The maximum Gasteiger partial charge on any atom is 0.410 e. The first-order valence-electron chi connectivity index (χ1n) is 8.77. The minimum atomic E-state index is -0.435. The van der Waals surface area contributed by atoms with Crippen LogP contribution in [0.4, 0.5) is 4.79 Å². The highest BCUT2D eigenvalue weighted by atomic mass is 16.6. The molecule has 6 nitrogen and oxygen atoms in total. The molecule has 1 N–H and O–H groups in total. The second-order valence-electron chi connectivity index (χ2n) is 7.63. The van der Waals surface area contributed by atoms with E-state index in [1.54, 1.807) is 12.5 Å². The summed E-state index contributed by atoms with van der Waals surface area (Å²) >= 11 is 0. The number of nitrogens with one attached hydrogen (secondary N) is 1. The highest BCUT2D eigenvalue weighted by Gasteiger charge is 2.35. The molecule has 0 aromatic carbocycles. The first-order valence-corrected chi connectivity index (χ1v) is 8.77. The zero-order valence-electron chi connectivity index (χ0n) is 15.3. The Hall–Kier alpha value is -1.69. The summed E-state index contributed by atoms with van der Waals surface area (Å²) in [5, 5.41) is 3.52. The molecule has 24 heavy (non-hydrogen) atoms. The van der Waals surface area contributed by atoms with Gasteiger partial charge in [-0.25, -0.2) is 14.8 Å². The first-order chi connectivity index (χ1) is 11.3. The normalized spacial score (nSPS) is 17.6. The minimum absolute atomic E-state index is 0.193. The van der Waals surface area contributed by atoms with Gasteiger partial charge in [0, 0.05) is 32.4 Å². The fourth-order valence-electron chi connectivity index (χ4n) is 3.02. The van der Waals surface area contributed by atoms with E-state index in [-0.39, 0.29) is 11.5 Å². The molecule has 1 saturated heterocycles. The van der Waals surface area contributed by atoms with Crippen LogP contribution >= 0.6 is 0 Å². The van der Waals surface area contributed by atoms with Crippen molar-refractivity contribution in [2.45, 2.75) is 59.1 Å². The number of aromatic nitrogens is 2. The molecule has 1 aromatic heterocycles. The van der Waals surface area contributed by atoms with E-state index >= 15 is 0 Å². The van der Waals surface area contributed by atoms with E-state index in [9.17, 15) is 4.79 Å². The molecule has 6 heteroatoms. The van der Waals surface area contributed by atoms with E-state index in [1.807, 2.05) is 31.7 Å². The van der Waals surface area contributed by atoms with Crippen LogP contribution in [0.1, 0.15) is 52.7 Å². The summed E-state index contributed by atoms with van der Waals surface area (Å²) in [4.78, 5) is 22.2. The average molecular weight is 334 g/mol. The fraction of sp³-hybridized carbons (Fsp3) is 0.722. The van der Waals surface area contributed by atoms with Crippen LogP contribution in [0.3, 0.4) is 0 Å². The van der Waals surface area contributed by atoms with Gasteiger partial charge in [-0.15, -0.1) is 0 Å². The highest BCUT2D eigenvalue weighted by Crippen LogP contribution is 2.34. The van der Waals surface area contributed by atoms with E-state index < -0.39 is 5.60 Å². The van der Waals surface area contributed by atoms with Crippen LogP contribution in [0.2, 0.25) is 0 Å². The Labute approximate surface area is 145 Å². The van der Waals surface area contributed by atoms with Gasteiger partial charge >= 0.3 is 6.09 Å². The van der Waals surface area contributed by atoms with E-state index in [2.05, 4.69) is 22.2 Å². The molecule has 0 unspecified atom stereocenters. The van der Waals surface area contributed by atoms with Crippen LogP contribution in [0, 0.1) is 5.41 Å². The lowest BCUT2D eigenvalue weighted by atomic mass is 9.76. The summed E-state index contributed by atoms with van der Waals surface area (Å²) in [7, 11) is 0. The van der Waals surface area contributed by atoms with Crippen molar-refractivity contribution in [3.05, 3.63) is 24.3 Å².